The number of thioether (sulfide) groups is 1. The second kappa shape index (κ2) is 10.7. The van der Waals surface area contributed by atoms with E-state index in [0.29, 0.717) is 27.8 Å². The number of hydrogen-bond acceptors (Lipinski definition) is 5. The van der Waals surface area contributed by atoms with Gasteiger partial charge >= 0.3 is 0 Å². The maximum Gasteiger partial charge on any atom is 0.234 e. The van der Waals surface area contributed by atoms with Crippen molar-refractivity contribution in [1.29, 1.82) is 0 Å². The molecule has 0 radical (unpaired) electrons. The molecule has 4 aromatic rings. The molecule has 3 aromatic carbocycles. The van der Waals surface area contributed by atoms with E-state index in [4.69, 9.17) is 16.3 Å². The summed E-state index contributed by atoms with van der Waals surface area (Å²) in [6.45, 7) is 1.82. The molecule has 0 fully saturated rings. The monoisotopic (exact) mass is 500 g/mol. The van der Waals surface area contributed by atoms with Crippen molar-refractivity contribution in [2.45, 2.75) is 18.2 Å². The van der Waals surface area contributed by atoms with E-state index in [1.807, 2.05) is 49.4 Å². The van der Waals surface area contributed by atoms with E-state index < -0.39 is 23.6 Å². The number of para-hydroxylation sites is 2. The smallest absolute Gasteiger partial charge is 0.234 e. The highest BCUT2D eigenvalue weighted by atomic mass is 35.5. The second-order valence-corrected chi connectivity index (χ2v) is 8.51. The Balaban J connectivity index is 1.55. The van der Waals surface area contributed by atoms with Crippen molar-refractivity contribution >= 4 is 35.0 Å². The molecule has 1 atom stereocenters. The number of carbonyl (C=O) groups excluding carboxylic acids is 1. The van der Waals surface area contributed by atoms with Gasteiger partial charge in [0.2, 0.25) is 5.91 Å². The molecule has 0 spiro atoms. The number of halogens is 3. The van der Waals surface area contributed by atoms with Gasteiger partial charge in [0.15, 0.2) is 17.1 Å². The highest BCUT2D eigenvalue weighted by Crippen LogP contribution is 2.31. The highest BCUT2D eigenvalue weighted by Gasteiger charge is 2.22. The van der Waals surface area contributed by atoms with Gasteiger partial charge in [-0.3, -0.25) is 9.36 Å². The lowest BCUT2D eigenvalue weighted by atomic mass is 10.3. The van der Waals surface area contributed by atoms with Crippen LogP contribution in [0.3, 0.4) is 0 Å². The maximum atomic E-state index is 13.8. The summed E-state index contributed by atoms with van der Waals surface area (Å²) in [5, 5.41) is 11.9. The molecule has 0 saturated carbocycles. The van der Waals surface area contributed by atoms with Crippen LogP contribution in [0.2, 0.25) is 5.02 Å². The summed E-state index contributed by atoms with van der Waals surface area (Å²) >= 11 is 7.35. The first kappa shape index (κ1) is 23.7. The SMILES string of the molecule is CC(Oc1ccccc1Cl)c1nnc(SCC(=O)Nc2ccc(F)cc2F)n1-c1ccccc1. The molecule has 34 heavy (non-hydrogen) atoms. The van der Waals surface area contributed by atoms with Crippen LogP contribution < -0.4 is 10.1 Å². The van der Waals surface area contributed by atoms with Crippen LogP contribution >= 0.6 is 23.4 Å². The van der Waals surface area contributed by atoms with Crippen LogP contribution in [0.1, 0.15) is 18.9 Å². The van der Waals surface area contributed by atoms with Crippen molar-refractivity contribution in [2.75, 3.05) is 11.1 Å². The molecule has 0 saturated heterocycles. The fourth-order valence-corrected chi connectivity index (χ4v) is 4.09. The summed E-state index contributed by atoms with van der Waals surface area (Å²) in [7, 11) is 0. The Bertz CT molecular complexity index is 1300. The van der Waals surface area contributed by atoms with E-state index in [9.17, 15) is 13.6 Å². The Morgan fingerprint density at radius 2 is 1.82 bits per heavy atom. The van der Waals surface area contributed by atoms with Crippen LogP contribution in [-0.2, 0) is 4.79 Å². The fraction of sp³-hybridized carbons (Fsp3) is 0.125. The number of anilines is 1. The summed E-state index contributed by atoms with van der Waals surface area (Å²) in [6.07, 6.45) is -0.510. The lowest BCUT2D eigenvalue weighted by Crippen LogP contribution is -2.16. The van der Waals surface area contributed by atoms with Crippen LogP contribution in [-0.4, -0.2) is 26.4 Å². The fourth-order valence-electron chi connectivity index (χ4n) is 3.15. The number of hydrogen-bond donors (Lipinski definition) is 1. The molecule has 1 aromatic heterocycles. The molecule has 0 aliphatic heterocycles. The standard InChI is InChI=1S/C24H19ClF2N4O2S/c1-15(33-21-10-6-5-9-18(21)25)23-29-30-24(31(23)17-7-3-2-4-8-17)34-14-22(32)28-20-12-11-16(26)13-19(20)27/h2-13,15H,14H2,1H3,(H,28,32). The van der Waals surface area contributed by atoms with E-state index >= 15 is 0 Å². The number of benzene rings is 3. The van der Waals surface area contributed by atoms with Gasteiger partial charge in [-0.1, -0.05) is 53.7 Å². The van der Waals surface area contributed by atoms with Crippen LogP contribution in [0, 0.1) is 11.6 Å². The Morgan fingerprint density at radius 3 is 2.56 bits per heavy atom. The molecule has 6 nitrogen and oxygen atoms in total. The largest absolute Gasteiger partial charge is 0.481 e. The van der Waals surface area contributed by atoms with Crippen LogP contribution in [0.4, 0.5) is 14.5 Å². The minimum atomic E-state index is -0.848. The minimum absolute atomic E-state index is 0.0679. The second-order valence-electron chi connectivity index (χ2n) is 7.16. The molecule has 10 heteroatoms. The van der Waals surface area contributed by atoms with Gasteiger partial charge in [-0.15, -0.1) is 10.2 Å². The first-order valence-electron chi connectivity index (χ1n) is 10.2. The molecule has 0 aliphatic carbocycles. The van der Waals surface area contributed by atoms with Crippen molar-refractivity contribution in [3.8, 4) is 11.4 Å². The van der Waals surface area contributed by atoms with Crippen molar-refractivity contribution in [3.63, 3.8) is 0 Å². The first-order chi connectivity index (χ1) is 16.4. The quantitative estimate of drug-likeness (QED) is 0.297. The summed E-state index contributed by atoms with van der Waals surface area (Å²) in [4.78, 5) is 12.4. The first-order valence-corrected chi connectivity index (χ1v) is 11.6. The molecular formula is C24H19ClF2N4O2S. The van der Waals surface area contributed by atoms with Gasteiger partial charge in [0.25, 0.3) is 0 Å². The predicted molar refractivity (Wildman–Crippen MR) is 128 cm³/mol. The molecule has 0 aliphatic rings. The zero-order valence-corrected chi connectivity index (χ0v) is 19.5. The van der Waals surface area contributed by atoms with Gasteiger partial charge < -0.3 is 10.1 Å². The van der Waals surface area contributed by atoms with Gasteiger partial charge in [0.1, 0.15) is 17.4 Å². The van der Waals surface area contributed by atoms with Gasteiger partial charge in [0, 0.05) is 11.8 Å². The number of ether oxygens (including phenoxy) is 1. The van der Waals surface area contributed by atoms with Gasteiger partial charge in [-0.2, -0.15) is 0 Å². The van der Waals surface area contributed by atoms with Crippen LogP contribution in [0.25, 0.3) is 5.69 Å². The third-order valence-corrected chi connectivity index (χ3v) is 5.96. The van der Waals surface area contributed by atoms with E-state index in [-0.39, 0.29) is 11.4 Å². The average molecular weight is 501 g/mol. The number of amides is 1. The third kappa shape index (κ3) is 5.55. The van der Waals surface area contributed by atoms with Crippen molar-refractivity contribution < 1.29 is 18.3 Å². The average Bonchev–Trinajstić information content (AvgIpc) is 3.26. The van der Waals surface area contributed by atoms with Crippen LogP contribution in [0.15, 0.2) is 78.0 Å². The van der Waals surface area contributed by atoms with E-state index in [2.05, 4.69) is 15.5 Å². The number of rotatable bonds is 8. The zero-order chi connectivity index (χ0) is 24.1. The number of aromatic nitrogens is 3. The minimum Gasteiger partial charge on any atom is -0.481 e. The molecule has 4 rings (SSSR count). The molecule has 1 N–H and O–H groups in total. The van der Waals surface area contributed by atoms with Crippen molar-refractivity contribution in [2.24, 2.45) is 0 Å². The Morgan fingerprint density at radius 1 is 1.09 bits per heavy atom. The lowest BCUT2D eigenvalue weighted by molar-refractivity contribution is -0.113. The summed E-state index contributed by atoms with van der Waals surface area (Å²) in [5.41, 5.74) is 0.684. The van der Waals surface area contributed by atoms with E-state index in [0.717, 1.165) is 23.5 Å². The zero-order valence-electron chi connectivity index (χ0n) is 17.9. The molecular weight excluding hydrogens is 482 g/mol. The lowest BCUT2D eigenvalue weighted by Gasteiger charge is -2.17. The number of nitrogens with zero attached hydrogens (tertiary/aromatic N) is 3. The van der Waals surface area contributed by atoms with E-state index in [1.54, 1.807) is 16.7 Å². The Labute approximate surface area is 203 Å². The number of nitrogens with one attached hydrogen (secondary N) is 1. The molecule has 1 heterocycles. The van der Waals surface area contributed by atoms with Crippen LogP contribution in [0.5, 0.6) is 5.75 Å². The number of carbonyl (C=O) groups is 1. The Kier molecular flexibility index (Phi) is 7.44. The molecule has 1 unspecified atom stereocenters. The van der Waals surface area contributed by atoms with Gasteiger partial charge in [0.05, 0.1) is 16.5 Å². The van der Waals surface area contributed by atoms with Crippen molar-refractivity contribution in [1.82, 2.24) is 14.8 Å². The normalized spacial score (nSPS) is 11.8. The van der Waals surface area contributed by atoms with E-state index in [1.165, 1.54) is 6.07 Å². The van der Waals surface area contributed by atoms with Gasteiger partial charge in [-0.05, 0) is 43.3 Å². The predicted octanol–water partition coefficient (Wildman–Crippen LogP) is 6.07. The third-order valence-electron chi connectivity index (χ3n) is 4.71. The summed E-state index contributed by atoms with van der Waals surface area (Å²) < 4.78 is 34.8. The summed E-state index contributed by atoms with van der Waals surface area (Å²) in [6, 6.07) is 19.5. The Hall–Kier alpha value is -3.43. The highest BCUT2D eigenvalue weighted by molar-refractivity contribution is 7.99. The van der Waals surface area contributed by atoms with Gasteiger partial charge in [-0.25, -0.2) is 8.78 Å². The summed E-state index contributed by atoms with van der Waals surface area (Å²) in [5.74, 6) is -1.09. The maximum absolute atomic E-state index is 13.8. The van der Waals surface area contributed by atoms with Crippen molar-refractivity contribution in [3.05, 3.63) is 95.3 Å². The molecule has 1 amide bonds. The topological polar surface area (TPSA) is 69.0 Å². The molecule has 0 bridgehead atoms. The molecule has 174 valence electrons.